The van der Waals surface area contributed by atoms with Crippen LogP contribution in [0, 0.1) is 0 Å². The quantitative estimate of drug-likeness (QED) is 0.816. The number of carbonyl (C=O) groups excluding carboxylic acids is 1. The monoisotopic (exact) mass is 295 g/mol. The molecule has 4 heteroatoms. The Labute approximate surface area is 130 Å². The molecule has 2 aliphatic rings. The molecule has 0 aromatic rings. The van der Waals surface area contributed by atoms with Crippen molar-refractivity contribution in [3.8, 4) is 0 Å². The van der Waals surface area contributed by atoms with Crippen LogP contribution in [0.3, 0.4) is 0 Å². The minimum Gasteiger partial charge on any atom is -0.352 e. The first-order valence-electron chi connectivity index (χ1n) is 8.90. The Hall–Kier alpha value is -0.610. The lowest BCUT2D eigenvalue weighted by molar-refractivity contribution is -0.126. The van der Waals surface area contributed by atoms with E-state index in [4.69, 9.17) is 0 Å². The first-order valence-corrected chi connectivity index (χ1v) is 8.90. The van der Waals surface area contributed by atoms with Gasteiger partial charge in [-0.05, 0) is 52.7 Å². The van der Waals surface area contributed by atoms with E-state index in [1.165, 1.54) is 51.6 Å². The van der Waals surface area contributed by atoms with Gasteiger partial charge in [-0.3, -0.25) is 9.69 Å². The average Bonchev–Trinajstić information content (AvgIpc) is 2.85. The highest BCUT2D eigenvalue weighted by Gasteiger charge is 2.23. The van der Waals surface area contributed by atoms with Crippen LogP contribution >= 0.6 is 0 Å². The maximum absolute atomic E-state index is 12.3. The third kappa shape index (κ3) is 5.59. The summed E-state index contributed by atoms with van der Waals surface area (Å²) in [5.74, 6) is 0.209. The lowest BCUT2D eigenvalue weighted by Gasteiger charge is -2.28. The topological polar surface area (TPSA) is 35.6 Å². The lowest BCUT2D eigenvalue weighted by Crippen LogP contribution is -2.48. The van der Waals surface area contributed by atoms with Crippen molar-refractivity contribution in [2.45, 2.75) is 70.4 Å². The molecule has 0 aromatic heterocycles. The molecule has 2 rings (SSSR count). The third-order valence-corrected chi connectivity index (χ3v) is 5.21. The molecule has 1 atom stereocenters. The predicted molar refractivity (Wildman–Crippen MR) is 87.4 cm³/mol. The average molecular weight is 295 g/mol. The summed E-state index contributed by atoms with van der Waals surface area (Å²) < 4.78 is 0. The van der Waals surface area contributed by atoms with E-state index in [0.29, 0.717) is 6.04 Å². The Morgan fingerprint density at radius 2 is 1.76 bits per heavy atom. The van der Waals surface area contributed by atoms with Gasteiger partial charge < -0.3 is 10.2 Å². The van der Waals surface area contributed by atoms with E-state index in [1.807, 2.05) is 6.92 Å². The number of hydrogen-bond acceptors (Lipinski definition) is 3. The number of carbonyl (C=O) groups is 1. The first kappa shape index (κ1) is 16.8. The molecule has 122 valence electrons. The van der Waals surface area contributed by atoms with E-state index in [-0.39, 0.29) is 11.9 Å². The zero-order valence-corrected chi connectivity index (χ0v) is 13.9. The van der Waals surface area contributed by atoms with Crippen LogP contribution < -0.4 is 5.32 Å². The van der Waals surface area contributed by atoms with Crippen molar-refractivity contribution in [2.24, 2.45) is 0 Å². The molecule has 4 nitrogen and oxygen atoms in total. The molecule has 0 radical (unpaired) electrons. The molecule has 2 fully saturated rings. The summed E-state index contributed by atoms with van der Waals surface area (Å²) >= 11 is 0. The van der Waals surface area contributed by atoms with Crippen molar-refractivity contribution >= 4 is 5.91 Å². The number of hydrogen-bond donors (Lipinski definition) is 1. The van der Waals surface area contributed by atoms with Crippen LogP contribution in [-0.2, 0) is 4.79 Å². The summed E-state index contributed by atoms with van der Waals surface area (Å²) in [5, 5.41) is 3.21. The smallest absolute Gasteiger partial charge is 0.237 e. The van der Waals surface area contributed by atoms with E-state index >= 15 is 0 Å². The Balaban J connectivity index is 1.68. The molecule has 0 spiro atoms. The Morgan fingerprint density at radius 1 is 1.14 bits per heavy atom. The number of amides is 1. The van der Waals surface area contributed by atoms with Crippen molar-refractivity contribution in [1.29, 1.82) is 0 Å². The highest BCUT2D eigenvalue weighted by Crippen LogP contribution is 2.18. The number of rotatable bonds is 6. The Bertz CT molecular complexity index is 307. The first-order chi connectivity index (χ1) is 10.2. The SMILES string of the molecule is CC(C(=O)NC1CCCC1)N(C)CCN1CCCCCC1. The fraction of sp³-hybridized carbons (Fsp3) is 0.941. The molecule has 1 aliphatic carbocycles. The lowest BCUT2D eigenvalue weighted by atomic mass is 10.2. The highest BCUT2D eigenvalue weighted by molar-refractivity contribution is 5.81. The van der Waals surface area contributed by atoms with Gasteiger partial charge in [-0.15, -0.1) is 0 Å². The van der Waals surface area contributed by atoms with Gasteiger partial charge >= 0.3 is 0 Å². The van der Waals surface area contributed by atoms with Gasteiger partial charge in [-0.1, -0.05) is 25.7 Å². The van der Waals surface area contributed by atoms with Crippen LogP contribution in [-0.4, -0.2) is 61.0 Å². The number of likely N-dealkylation sites (N-methyl/N-ethyl adjacent to an activating group) is 1. The molecule has 21 heavy (non-hydrogen) atoms. The fourth-order valence-corrected chi connectivity index (χ4v) is 3.44. The molecule has 1 unspecified atom stereocenters. The summed E-state index contributed by atoms with van der Waals surface area (Å²) in [6.45, 7) is 6.58. The van der Waals surface area contributed by atoms with Crippen LogP contribution in [0.15, 0.2) is 0 Å². The van der Waals surface area contributed by atoms with E-state index < -0.39 is 0 Å². The maximum Gasteiger partial charge on any atom is 0.237 e. The van der Waals surface area contributed by atoms with Gasteiger partial charge in [-0.25, -0.2) is 0 Å². The Morgan fingerprint density at radius 3 is 2.38 bits per heavy atom. The molecule has 1 N–H and O–H groups in total. The van der Waals surface area contributed by atoms with Crippen molar-refractivity contribution in [3.05, 3.63) is 0 Å². The molecule has 1 aliphatic heterocycles. The second-order valence-corrected chi connectivity index (χ2v) is 6.90. The van der Waals surface area contributed by atoms with Crippen molar-refractivity contribution in [1.82, 2.24) is 15.1 Å². The number of likely N-dealkylation sites (tertiary alicyclic amines) is 1. The van der Waals surface area contributed by atoms with Gasteiger partial charge in [0.1, 0.15) is 0 Å². The van der Waals surface area contributed by atoms with Crippen molar-refractivity contribution < 1.29 is 4.79 Å². The number of nitrogens with one attached hydrogen (secondary N) is 1. The maximum atomic E-state index is 12.3. The van der Waals surface area contributed by atoms with E-state index in [2.05, 4.69) is 22.2 Å². The molecular formula is C17H33N3O. The van der Waals surface area contributed by atoms with Crippen LogP contribution in [0.4, 0.5) is 0 Å². The predicted octanol–water partition coefficient (Wildman–Crippen LogP) is 2.24. The van der Waals surface area contributed by atoms with E-state index in [0.717, 1.165) is 25.9 Å². The van der Waals surface area contributed by atoms with Gasteiger partial charge in [0.15, 0.2) is 0 Å². The van der Waals surface area contributed by atoms with Crippen LogP contribution in [0.1, 0.15) is 58.3 Å². The molecule has 1 amide bonds. The fourth-order valence-electron chi connectivity index (χ4n) is 3.44. The van der Waals surface area contributed by atoms with Gasteiger partial charge in [0.2, 0.25) is 5.91 Å². The molecule has 1 heterocycles. The minimum atomic E-state index is -0.0161. The normalized spacial score (nSPS) is 23.2. The van der Waals surface area contributed by atoms with Crippen molar-refractivity contribution in [2.75, 3.05) is 33.2 Å². The summed E-state index contributed by atoms with van der Waals surface area (Å²) in [6.07, 6.45) is 10.3. The summed E-state index contributed by atoms with van der Waals surface area (Å²) in [4.78, 5) is 17.0. The van der Waals surface area contributed by atoms with Crippen molar-refractivity contribution in [3.63, 3.8) is 0 Å². The van der Waals surface area contributed by atoms with Gasteiger partial charge in [0, 0.05) is 19.1 Å². The molecule has 0 aromatic carbocycles. The second kappa shape index (κ2) is 8.74. The zero-order chi connectivity index (χ0) is 15.1. The van der Waals surface area contributed by atoms with Gasteiger partial charge in [0.25, 0.3) is 0 Å². The summed E-state index contributed by atoms with van der Waals surface area (Å²) in [5.41, 5.74) is 0. The summed E-state index contributed by atoms with van der Waals surface area (Å²) in [6, 6.07) is 0.413. The van der Waals surface area contributed by atoms with E-state index in [1.54, 1.807) is 0 Å². The summed E-state index contributed by atoms with van der Waals surface area (Å²) in [7, 11) is 2.08. The van der Waals surface area contributed by atoms with Crippen LogP contribution in [0.25, 0.3) is 0 Å². The molecule has 1 saturated heterocycles. The van der Waals surface area contributed by atoms with E-state index in [9.17, 15) is 4.79 Å². The zero-order valence-electron chi connectivity index (χ0n) is 13.9. The van der Waals surface area contributed by atoms with Gasteiger partial charge in [-0.2, -0.15) is 0 Å². The van der Waals surface area contributed by atoms with Crippen LogP contribution in [0.2, 0.25) is 0 Å². The molecular weight excluding hydrogens is 262 g/mol. The molecule has 0 bridgehead atoms. The van der Waals surface area contributed by atoms with Crippen LogP contribution in [0.5, 0.6) is 0 Å². The highest BCUT2D eigenvalue weighted by atomic mass is 16.2. The Kier molecular flexibility index (Phi) is 6.97. The number of nitrogens with zero attached hydrogens (tertiary/aromatic N) is 2. The largest absolute Gasteiger partial charge is 0.352 e. The van der Waals surface area contributed by atoms with Gasteiger partial charge in [0.05, 0.1) is 6.04 Å². The standard InChI is InChI=1S/C17H33N3O/c1-15(17(21)18-16-9-5-6-10-16)19(2)13-14-20-11-7-3-4-8-12-20/h15-16H,3-14H2,1-2H3,(H,18,21). The third-order valence-electron chi connectivity index (χ3n) is 5.21. The second-order valence-electron chi connectivity index (χ2n) is 6.90. The minimum absolute atomic E-state index is 0.0161. The molecule has 1 saturated carbocycles.